The third-order valence-electron chi connectivity index (χ3n) is 3.74. The zero-order chi connectivity index (χ0) is 16.9. The topological polar surface area (TPSA) is 73.0 Å². The summed E-state index contributed by atoms with van der Waals surface area (Å²) in [5.74, 6) is 2.27. The van der Waals surface area contributed by atoms with Crippen LogP contribution in [-0.4, -0.2) is 20.4 Å². The first-order chi connectivity index (χ1) is 11.6. The predicted octanol–water partition coefficient (Wildman–Crippen LogP) is 3.57. The van der Waals surface area contributed by atoms with Gasteiger partial charge < -0.3 is 14.3 Å². The number of rotatable bonds is 6. The highest BCUT2D eigenvalue weighted by atomic mass is 16.4. The van der Waals surface area contributed by atoms with Gasteiger partial charge in [-0.05, 0) is 38.5 Å². The molecule has 0 aliphatic heterocycles. The Balaban J connectivity index is 1.55. The third kappa shape index (κ3) is 3.90. The molecular formula is C18H20N4O2. The number of oxazole rings is 1. The van der Waals surface area contributed by atoms with Crippen LogP contribution in [-0.2, 0) is 11.3 Å². The molecule has 1 amide bonds. The molecule has 1 aromatic carbocycles. The van der Waals surface area contributed by atoms with Crippen molar-refractivity contribution in [2.75, 3.05) is 5.32 Å². The number of carbonyl (C=O) groups is 1. The molecule has 0 spiro atoms. The molecule has 1 N–H and O–H groups in total. The molecule has 0 fully saturated rings. The summed E-state index contributed by atoms with van der Waals surface area (Å²) in [6.07, 6.45) is 6.60. The van der Waals surface area contributed by atoms with Crippen LogP contribution in [0.25, 0.3) is 11.5 Å². The summed E-state index contributed by atoms with van der Waals surface area (Å²) in [5, 5.41) is 2.92. The fraction of sp³-hybridized carbons (Fsp3) is 0.278. The van der Waals surface area contributed by atoms with Crippen molar-refractivity contribution in [3.8, 4) is 11.5 Å². The van der Waals surface area contributed by atoms with Gasteiger partial charge in [-0.2, -0.15) is 0 Å². The molecule has 0 atom stereocenters. The average molecular weight is 324 g/mol. The third-order valence-corrected chi connectivity index (χ3v) is 3.74. The zero-order valence-corrected chi connectivity index (χ0v) is 13.8. The summed E-state index contributed by atoms with van der Waals surface area (Å²) in [7, 11) is 0. The van der Waals surface area contributed by atoms with E-state index in [1.54, 1.807) is 12.4 Å². The van der Waals surface area contributed by atoms with Crippen molar-refractivity contribution in [1.29, 1.82) is 0 Å². The van der Waals surface area contributed by atoms with Gasteiger partial charge in [0.2, 0.25) is 11.8 Å². The van der Waals surface area contributed by atoms with Crippen LogP contribution in [0, 0.1) is 13.8 Å². The van der Waals surface area contributed by atoms with Gasteiger partial charge in [0.25, 0.3) is 0 Å². The average Bonchev–Trinajstić information content (AvgIpc) is 3.17. The Hall–Kier alpha value is -2.89. The van der Waals surface area contributed by atoms with E-state index < -0.39 is 0 Å². The molecule has 2 heterocycles. The molecule has 0 saturated heterocycles. The van der Waals surface area contributed by atoms with Gasteiger partial charge in [-0.15, -0.1) is 0 Å². The summed E-state index contributed by atoms with van der Waals surface area (Å²) in [5.41, 5.74) is 1.59. The molecule has 24 heavy (non-hydrogen) atoms. The van der Waals surface area contributed by atoms with Crippen molar-refractivity contribution in [2.45, 2.75) is 33.2 Å². The van der Waals surface area contributed by atoms with E-state index in [2.05, 4.69) is 15.3 Å². The van der Waals surface area contributed by atoms with E-state index in [0.29, 0.717) is 12.3 Å². The van der Waals surface area contributed by atoms with E-state index in [9.17, 15) is 4.79 Å². The number of anilines is 1. The van der Waals surface area contributed by atoms with E-state index in [1.807, 2.05) is 48.9 Å². The van der Waals surface area contributed by atoms with Gasteiger partial charge in [0.15, 0.2) is 0 Å². The summed E-state index contributed by atoms with van der Waals surface area (Å²) < 4.78 is 7.55. The van der Waals surface area contributed by atoms with E-state index >= 15 is 0 Å². The molecule has 2 aromatic heterocycles. The maximum absolute atomic E-state index is 12.1. The van der Waals surface area contributed by atoms with Gasteiger partial charge in [0, 0.05) is 36.6 Å². The lowest BCUT2D eigenvalue weighted by atomic mass is 10.2. The van der Waals surface area contributed by atoms with Crippen LogP contribution in [0.1, 0.15) is 24.4 Å². The van der Waals surface area contributed by atoms with Crippen LogP contribution in [0.2, 0.25) is 0 Å². The summed E-state index contributed by atoms with van der Waals surface area (Å²) >= 11 is 0. The Bertz CT molecular complexity index is 835. The van der Waals surface area contributed by atoms with E-state index in [-0.39, 0.29) is 5.91 Å². The molecular weight excluding hydrogens is 304 g/mol. The smallest absolute Gasteiger partial charge is 0.226 e. The standard InChI is InChI=1S/C18H20N4O2/c1-13-12-20-18(24-13)15-5-3-6-16(11-15)21-17(23)7-4-9-22-10-8-19-14(22)2/h3,5-6,8,10-12H,4,7,9H2,1-2H3,(H,21,23). The van der Waals surface area contributed by atoms with E-state index in [1.165, 1.54) is 0 Å². The first kappa shape index (κ1) is 16.0. The van der Waals surface area contributed by atoms with Crippen LogP contribution >= 0.6 is 0 Å². The van der Waals surface area contributed by atoms with Gasteiger partial charge in [-0.1, -0.05) is 6.07 Å². The Morgan fingerprint density at radius 3 is 2.88 bits per heavy atom. The highest BCUT2D eigenvalue weighted by Crippen LogP contribution is 2.22. The van der Waals surface area contributed by atoms with Gasteiger partial charge in [0.05, 0.1) is 6.20 Å². The number of imidazole rings is 1. The van der Waals surface area contributed by atoms with Crippen molar-refractivity contribution in [2.24, 2.45) is 0 Å². The number of aryl methyl sites for hydroxylation is 3. The number of aromatic nitrogens is 3. The Labute approximate surface area is 140 Å². The van der Waals surface area contributed by atoms with Crippen molar-refractivity contribution in [3.63, 3.8) is 0 Å². The molecule has 0 radical (unpaired) electrons. The minimum Gasteiger partial charge on any atom is -0.441 e. The van der Waals surface area contributed by atoms with Crippen molar-refractivity contribution in [1.82, 2.24) is 14.5 Å². The van der Waals surface area contributed by atoms with Crippen LogP contribution in [0.15, 0.2) is 47.3 Å². The number of nitrogens with zero attached hydrogens (tertiary/aromatic N) is 3. The second kappa shape index (κ2) is 7.12. The summed E-state index contributed by atoms with van der Waals surface area (Å²) in [4.78, 5) is 20.5. The molecule has 3 rings (SSSR count). The molecule has 3 aromatic rings. The molecule has 0 saturated carbocycles. The Morgan fingerprint density at radius 2 is 2.17 bits per heavy atom. The molecule has 6 nitrogen and oxygen atoms in total. The maximum Gasteiger partial charge on any atom is 0.226 e. The lowest BCUT2D eigenvalue weighted by Crippen LogP contribution is -2.12. The van der Waals surface area contributed by atoms with Crippen LogP contribution in [0.4, 0.5) is 5.69 Å². The van der Waals surface area contributed by atoms with Crippen molar-refractivity contribution in [3.05, 3.63) is 54.4 Å². The van der Waals surface area contributed by atoms with Gasteiger partial charge in [-0.25, -0.2) is 9.97 Å². The SMILES string of the molecule is Cc1cnc(-c2cccc(NC(=O)CCCn3ccnc3C)c2)o1. The number of carbonyl (C=O) groups excluding carboxylic acids is 1. The summed E-state index contributed by atoms with van der Waals surface area (Å²) in [6.45, 7) is 4.59. The molecule has 0 unspecified atom stereocenters. The minimum atomic E-state index is -0.00602. The second-order valence-electron chi connectivity index (χ2n) is 5.68. The Kier molecular flexibility index (Phi) is 4.74. The monoisotopic (exact) mass is 324 g/mol. The quantitative estimate of drug-likeness (QED) is 0.752. The first-order valence-corrected chi connectivity index (χ1v) is 7.92. The zero-order valence-electron chi connectivity index (χ0n) is 13.8. The minimum absolute atomic E-state index is 0.00602. The van der Waals surface area contributed by atoms with Crippen molar-refractivity contribution < 1.29 is 9.21 Å². The largest absolute Gasteiger partial charge is 0.441 e. The normalized spacial score (nSPS) is 10.8. The van der Waals surface area contributed by atoms with Crippen LogP contribution in [0.5, 0.6) is 0 Å². The maximum atomic E-state index is 12.1. The van der Waals surface area contributed by atoms with Crippen molar-refractivity contribution >= 4 is 11.6 Å². The molecule has 0 aliphatic carbocycles. The fourth-order valence-corrected chi connectivity index (χ4v) is 2.49. The van der Waals surface area contributed by atoms with E-state index in [0.717, 1.165) is 35.8 Å². The number of amides is 1. The number of hydrogen-bond acceptors (Lipinski definition) is 4. The molecule has 6 heteroatoms. The Morgan fingerprint density at radius 1 is 1.29 bits per heavy atom. The highest BCUT2D eigenvalue weighted by molar-refractivity contribution is 5.91. The van der Waals surface area contributed by atoms with Gasteiger partial charge >= 0.3 is 0 Å². The van der Waals surface area contributed by atoms with Gasteiger partial charge in [-0.3, -0.25) is 4.79 Å². The predicted molar refractivity (Wildman–Crippen MR) is 91.5 cm³/mol. The van der Waals surface area contributed by atoms with Crippen LogP contribution in [0.3, 0.4) is 0 Å². The van der Waals surface area contributed by atoms with Gasteiger partial charge in [0.1, 0.15) is 11.6 Å². The lowest BCUT2D eigenvalue weighted by Gasteiger charge is -2.07. The number of nitrogens with one attached hydrogen (secondary N) is 1. The summed E-state index contributed by atoms with van der Waals surface area (Å²) in [6, 6.07) is 7.50. The van der Waals surface area contributed by atoms with Crippen LogP contribution < -0.4 is 5.32 Å². The molecule has 124 valence electrons. The lowest BCUT2D eigenvalue weighted by molar-refractivity contribution is -0.116. The number of benzene rings is 1. The highest BCUT2D eigenvalue weighted by Gasteiger charge is 2.07. The second-order valence-corrected chi connectivity index (χ2v) is 5.68. The van der Waals surface area contributed by atoms with E-state index in [4.69, 9.17) is 4.42 Å². The fourth-order valence-electron chi connectivity index (χ4n) is 2.49. The first-order valence-electron chi connectivity index (χ1n) is 7.92. The number of hydrogen-bond donors (Lipinski definition) is 1. The molecule has 0 bridgehead atoms. The molecule has 0 aliphatic rings.